The Kier molecular flexibility index (Phi) is 4.70. The summed E-state index contributed by atoms with van der Waals surface area (Å²) in [5.74, 6) is -0.662. The molecule has 0 atom stereocenters. The number of nitrogens with zero attached hydrogens (tertiary/aromatic N) is 1. The molecule has 4 nitrogen and oxygen atoms in total. The van der Waals surface area contributed by atoms with Crippen LogP contribution in [-0.4, -0.2) is 24.0 Å². The average Bonchev–Trinajstić information content (AvgIpc) is 2.22. The molecule has 0 aliphatic carbocycles. The molecule has 0 aliphatic heterocycles. The van der Waals surface area contributed by atoms with E-state index >= 15 is 0 Å². The van der Waals surface area contributed by atoms with Gasteiger partial charge in [-0.05, 0) is 18.7 Å². The smallest absolute Gasteiger partial charge is 0.225 e. The Morgan fingerprint density at radius 1 is 1.53 bits per heavy atom. The molecule has 1 heterocycles. The highest BCUT2D eigenvalue weighted by Crippen LogP contribution is 2.05. The van der Waals surface area contributed by atoms with Crippen LogP contribution in [0.1, 0.15) is 13.3 Å². The van der Waals surface area contributed by atoms with E-state index in [1.807, 2.05) is 6.92 Å². The fourth-order valence-electron chi connectivity index (χ4n) is 1.05. The maximum atomic E-state index is 12.4. The molecule has 0 fully saturated rings. The van der Waals surface area contributed by atoms with Gasteiger partial charge in [-0.25, -0.2) is 4.98 Å². The maximum absolute atomic E-state index is 12.4. The summed E-state index contributed by atoms with van der Waals surface area (Å²) < 4.78 is 12.4. The molecule has 0 saturated carbocycles. The molecule has 1 amide bonds. The molecule has 2 N–H and O–H groups in total. The summed E-state index contributed by atoms with van der Waals surface area (Å²) in [7, 11) is 0. The van der Waals surface area contributed by atoms with Crippen LogP contribution >= 0.6 is 0 Å². The molecule has 1 rings (SSSR count). The summed E-state index contributed by atoms with van der Waals surface area (Å²) >= 11 is 0. The van der Waals surface area contributed by atoms with E-state index in [0.717, 1.165) is 6.54 Å². The van der Waals surface area contributed by atoms with Crippen molar-refractivity contribution in [1.82, 2.24) is 10.3 Å². The second kappa shape index (κ2) is 6.08. The lowest BCUT2D eigenvalue weighted by molar-refractivity contribution is -0.116. The van der Waals surface area contributed by atoms with Gasteiger partial charge in [-0.3, -0.25) is 4.79 Å². The van der Waals surface area contributed by atoms with Crippen molar-refractivity contribution >= 4 is 11.6 Å². The standard InChI is InChI=1S/C10H14FN3O/c1-2-12-6-5-10(15)14-8-3-4-9(11)13-7-8/h3-4,7,12H,2,5-6H2,1H3,(H,14,15). The summed E-state index contributed by atoms with van der Waals surface area (Å²) in [6.07, 6.45) is 1.69. The molecule has 0 radical (unpaired) electrons. The Bertz CT molecular complexity index is 313. The van der Waals surface area contributed by atoms with Crippen molar-refractivity contribution in [3.63, 3.8) is 0 Å². The molecule has 1 aromatic heterocycles. The topological polar surface area (TPSA) is 54.0 Å². The molecule has 82 valence electrons. The van der Waals surface area contributed by atoms with E-state index in [1.54, 1.807) is 0 Å². The van der Waals surface area contributed by atoms with Crippen molar-refractivity contribution in [3.05, 3.63) is 24.3 Å². The highest BCUT2D eigenvalue weighted by Gasteiger charge is 2.01. The Morgan fingerprint density at radius 3 is 2.93 bits per heavy atom. The molecule has 5 heteroatoms. The number of nitrogens with one attached hydrogen (secondary N) is 2. The van der Waals surface area contributed by atoms with E-state index in [4.69, 9.17) is 0 Å². The van der Waals surface area contributed by atoms with Gasteiger partial charge in [0.25, 0.3) is 0 Å². The number of hydrogen-bond acceptors (Lipinski definition) is 3. The SMILES string of the molecule is CCNCCC(=O)Nc1ccc(F)nc1. The van der Waals surface area contributed by atoms with Gasteiger partial charge in [0, 0.05) is 13.0 Å². The molecule has 0 spiro atoms. The predicted molar refractivity (Wildman–Crippen MR) is 56.0 cm³/mol. The van der Waals surface area contributed by atoms with Crippen LogP contribution in [0.2, 0.25) is 0 Å². The molecule has 0 aliphatic rings. The number of aromatic nitrogens is 1. The zero-order chi connectivity index (χ0) is 11.1. The molecule has 0 aromatic carbocycles. The Hall–Kier alpha value is -1.49. The summed E-state index contributed by atoms with van der Waals surface area (Å²) in [6, 6.07) is 2.69. The van der Waals surface area contributed by atoms with Gasteiger partial charge in [-0.1, -0.05) is 6.92 Å². The molecular weight excluding hydrogens is 197 g/mol. The third-order valence-electron chi connectivity index (χ3n) is 1.79. The molecule has 15 heavy (non-hydrogen) atoms. The second-order valence-corrected chi connectivity index (χ2v) is 3.02. The molecule has 0 unspecified atom stereocenters. The third kappa shape index (κ3) is 4.51. The first-order valence-electron chi connectivity index (χ1n) is 4.84. The summed E-state index contributed by atoms with van der Waals surface area (Å²) in [4.78, 5) is 14.7. The van der Waals surface area contributed by atoms with Crippen molar-refractivity contribution in [3.8, 4) is 0 Å². The highest BCUT2D eigenvalue weighted by atomic mass is 19.1. The van der Waals surface area contributed by atoms with E-state index in [9.17, 15) is 9.18 Å². The van der Waals surface area contributed by atoms with E-state index < -0.39 is 5.95 Å². The average molecular weight is 211 g/mol. The lowest BCUT2D eigenvalue weighted by atomic mass is 10.3. The summed E-state index contributed by atoms with van der Waals surface area (Å²) in [6.45, 7) is 3.45. The first-order valence-corrected chi connectivity index (χ1v) is 4.84. The van der Waals surface area contributed by atoms with Crippen LogP contribution in [0.3, 0.4) is 0 Å². The van der Waals surface area contributed by atoms with Crippen LogP contribution in [0.4, 0.5) is 10.1 Å². The Morgan fingerprint density at radius 2 is 2.33 bits per heavy atom. The minimum atomic E-state index is -0.555. The lowest BCUT2D eigenvalue weighted by Gasteiger charge is -2.04. The van der Waals surface area contributed by atoms with Crippen molar-refractivity contribution in [2.24, 2.45) is 0 Å². The number of pyridine rings is 1. The number of halogens is 1. The largest absolute Gasteiger partial charge is 0.325 e. The van der Waals surface area contributed by atoms with Gasteiger partial charge in [0.1, 0.15) is 0 Å². The van der Waals surface area contributed by atoms with E-state index in [2.05, 4.69) is 15.6 Å². The van der Waals surface area contributed by atoms with Crippen LogP contribution in [0.5, 0.6) is 0 Å². The zero-order valence-electron chi connectivity index (χ0n) is 8.59. The van der Waals surface area contributed by atoms with E-state index in [1.165, 1.54) is 18.3 Å². The van der Waals surface area contributed by atoms with Crippen LogP contribution in [0.25, 0.3) is 0 Å². The minimum Gasteiger partial charge on any atom is -0.325 e. The van der Waals surface area contributed by atoms with Gasteiger partial charge in [0.15, 0.2) is 0 Å². The highest BCUT2D eigenvalue weighted by molar-refractivity contribution is 5.90. The van der Waals surface area contributed by atoms with Crippen LogP contribution < -0.4 is 10.6 Å². The van der Waals surface area contributed by atoms with E-state index in [-0.39, 0.29) is 5.91 Å². The lowest BCUT2D eigenvalue weighted by Crippen LogP contribution is -2.21. The maximum Gasteiger partial charge on any atom is 0.225 e. The van der Waals surface area contributed by atoms with Gasteiger partial charge < -0.3 is 10.6 Å². The van der Waals surface area contributed by atoms with Gasteiger partial charge >= 0.3 is 0 Å². The van der Waals surface area contributed by atoms with Gasteiger partial charge in [0.05, 0.1) is 11.9 Å². The summed E-state index contributed by atoms with van der Waals surface area (Å²) in [5.41, 5.74) is 0.512. The number of rotatable bonds is 5. The van der Waals surface area contributed by atoms with Gasteiger partial charge in [-0.2, -0.15) is 4.39 Å². The van der Waals surface area contributed by atoms with Crippen molar-refractivity contribution in [2.45, 2.75) is 13.3 Å². The predicted octanol–water partition coefficient (Wildman–Crippen LogP) is 1.16. The first-order chi connectivity index (χ1) is 7.22. The fourth-order valence-corrected chi connectivity index (χ4v) is 1.05. The molecule has 0 saturated heterocycles. The normalized spacial score (nSPS) is 10.0. The number of carbonyl (C=O) groups excluding carboxylic acids is 1. The Labute approximate surface area is 87.9 Å². The third-order valence-corrected chi connectivity index (χ3v) is 1.79. The number of hydrogen-bond donors (Lipinski definition) is 2. The first kappa shape index (κ1) is 11.6. The molecule has 1 aromatic rings. The van der Waals surface area contributed by atoms with Crippen LogP contribution in [-0.2, 0) is 4.79 Å². The summed E-state index contributed by atoms with van der Waals surface area (Å²) in [5, 5.41) is 5.66. The van der Waals surface area contributed by atoms with Crippen molar-refractivity contribution in [1.29, 1.82) is 0 Å². The Balaban J connectivity index is 2.34. The minimum absolute atomic E-state index is 0.107. The second-order valence-electron chi connectivity index (χ2n) is 3.02. The molecule has 0 bridgehead atoms. The number of anilines is 1. The van der Waals surface area contributed by atoms with Gasteiger partial charge in [0.2, 0.25) is 11.9 Å². The van der Waals surface area contributed by atoms with Gasteiger partial charge in [-0.15, -0.1) is 0 Å². The van der Waals surface area contributed by atoms with Crippen molar-refractivity contribution in [2.75, 3.05) is 18.4 Å². The fraction of sp³-hybridized carbons (Fsp3) is 0.400. The van der Waals surface area contributed by atoms with Crippen LogP contribution in [0, 0.1) is 5.95 Å². The van der Waals surface area contributed by atoms with E-state index in [0.29, 0.717) is 18.7 Å². The molecular formula is C10H14FN3O. The zero-order valence-corrected chi connectivity index (χ0v) is 8.59. The number of carbonyl (C=O) groups is 1. The quantitative estimate of drug-likeness (QED) is 0.567. The number of amides is 1. The van der Waals surface area contributed by atoms with Crippen LogP contribution in [0.15, 0.2) is 18.3 Å². The van der Waals surface area contributed by atoms with Crippen molar-refractivity contribution < 1.29 is 9.18 Å². The monoisotopic (exact) mass is 211 g/mol.